The summed E-state index contributed by atoms with van der Waals surface area (Å²) in [5.74, 6) is 0.0266. The lowest BCUT2D eigenvalue weighted by Crippen LogP contribution is -2.46. The van der Waals surface area contributed by atoms with E-state index in [1.54, 1.807) is 28.9 Å². The fourth-order valence-electron chi connectivity index (χ4n) is 4.49. The Morgan fingerprint density at radius 2 is 1.59 bits per heavy atom. The molecule has 1 aliphatic rings. The molecule has 192 valence electrons. The molecule has 0 bridgehead atoms. The van der Waals surface area contributed by atoms with Gasteiger partial charge < -0.3 is 20.1 Å². The van der Waals surface area contributed by atoms with E-state index < -0.39 is 6.04 Å². The molecule has 0 spiro atoms. The molecule has 2 rings (SSSR count). The zero-order valence-electron chi connectivity index (χ0n) is 21.3. The van der Waals surface area contributed by atoms with Crippen LogP contribution in [0.15, 0.2) is 12.4 Å². The van der Waals surface area contributed by atoms with Gasteiger partial charge in [0.1, 0.15) is 6.04 Å². The van der Waals surface area contributed by atoms with Crippen molar-refractivity contribution < 1.29 is 14.4 Å². The van der Waals surface area contributed by atoms with Gasteiger partial charge in [-0.3, -0.25) is 14.4 Å². The van der Waals surface area contributed by atoms with E-state index in [1.165, 1.54) is 57.8 Å². The summed E-state index contributed by atoms with van der Waals surface area (Å²) in [7, 11) is 1.77. The van der Waals surface area contributed by atoms with Crippen molar-refractivity contribution in [1.29, 1.82) is 0 Å². The first-order chi connectivity index (χ1) is 16.5. The molecule has 34 heavy (non-hydrogen) atoms. The highest BCUT2D eigenvalue weighted by molar-refractivity contribution is 5.95. The molecule has 1 aliphatic heterocycles. The maximum atomic E-state index is 12.7. The number of likely N-dealkylation sites (tertiary alicyclic amines) is 1. The van der Waals surface area contributed by atoms with E-state index in [4.69, 9.17) is 0 Å². The Labute approximate surface area is 205 Å². The number of imidazole rings is 1. The van der Waals surface area contributed by atoms with Crippen LogP contribution in [0.2, 0.25) is 0 Å². The summed E-state index contributed by atoms with van der Waals surface area (Å²) in [5.41, 5.74) is 0. The molecule has 2 heterocycles. The van der Waals surface area contributed by atoms with Crippen LogP contribution in [0.4, 0.5) is 0 Å². The van der Waals surface area contributed by atoms with Crippen LogP contribution in [-0.4, -0.2) is 57.8 Å². The number of rotatable bonds is 17. The topological polar surface area (TPSA) is 96.3 Å². The molecule has 1 atom stereocenters. The van der Waals surface area contributed by atoms with Gasteiger partial charge in [0.25, 0.3) is 5.91 Å². The Kier molecular flexibility index (Phi) is 13.3. The second kappa shape index (κ2) is 16.3. The van der Waals surface area contributed by atoms with Crippen LogP contribution >= 0.6 is 0 Å². The smallest absolute Gasteiger partial charge is 0.290 e. The zero-order valence-corrected chi connectivity index (χ0v) is 21.3. The van der Waals surface area contributed by atoms with Crippen LogP contribution in [0.25, 0.3) is 0 Å². The normalized spacial score (nSPS) is 15.5. The Bertz CT molecular complexity index is 749. The average Bonchev–Trinajstić information content (AvgIpc) is 3.49. The standard InChI is InChI=1S/C26H45N5O3/c1-3-4-5-6-7-8-9-10-11-12-17-27-23(32)16-13-18-29-25(33)22-15-14-20-31(22)26(34)24-28-19-21-30(24)2/h19,21-22H,3-18,20H2,1-2H3,(H,27,32)(H,29,33)/t22-/m0/s1. The van der Waals surface area contributed by atoms with E-state index in [2.05, 4.69) is 22.5 Å². The molecule has 2 N–H and O–H groups in total. The highest BCUT2D eigenvalue weighted by atomic mass is 16.2. The fourth-order valence-corrected chi connectivity index (χ4v) is 4.49. The lowest BCUT2D eigenvalue weighted by Gasteiger charge is -2.23. The number of nitrogens with one attached hydrogen (secondary N) is 2. The Morgan fingerprint density at radius 3 is 2.24 bits per heavy atom. The monoisotopic (exact) mass is 475 g/mol. The number of nitrogens with zero attached hydrogens (tertiary/aromatic N) is 3. The Morgan fingerprint density at radius 1 is 0.941 bits per heavy atom. The summed E-state index contributed by atoms with van der Waals surface area (Å²) in [4.78, 5) is 43.1. The van der Waals surface area contributed by atoms with Gasteiger partial charge in [-0.15, -0.1) is 0 Å². The van der Waals surface area contributed by atoms with E-state index in [9.17, 15) is 14.4 Å². The number of carbonyl (C=O) groups is 3. The summed E-state index contributed by atoms with van der Waals surface area (Å²) in [5, 5.41) is 5.88. The minimum absolute atomic E-state index is 0.0395. The van der Waals surface area contributed by atoms with Crippen molar-refractivity contribution >= 4 is 17.7 Å². The number of aryl methyl sites for hydroxylation is 1. The average molecular weight is 476 g/mol. The van der Waals surface area contributed by atoms with E-state index in [0.717, 1.165) is 19.4 Å². The summed E-state index contributed by atoms with van der Waals surface area (Å²) < 4.78 is 1.67. The third-order valence-electron chi connectivity index (χ3n) is 6.56. The third-order valence-corrected chi connectivity index (χ3v) is 6.56. The second-order valence-electron chi connectivity index (χ2n) is 9.44. The molecule has 0 aromatic carbocycles. The molecular weight excluding hydrogens is 430 g/mol. The predicted octanol–water partition coefficient (Wildman–Crippen LogP) is 3.96. The third kappa shape index (κ3) is 9.85. The minimum Gasteiger partial charge on any atom is -0.356 e. The Hall–Kier alpha value is -2.38. The molecule has 1 fully saturated rings. The van der Waals surface area contributed by atoms with Crippen molar-refractivity contribution in [2.45, 2.75) is 103 Å². The van der Waals surface area contributed by atoms with Crippen LogP contribution in [0, 0.1) is 0 Å². The lowest BCUT2D eigenvalue weighted by molar-refractivity contribution is -0.125. The maximum absolute atomic E-state index is 12.7. The van der Waals surface area contributed by atoms with Crippen molar-refractivity contribution in [3.63, 3.8) is 0 Å². The largest absolute Gasteiger partial charge is 0.356 e. The fraction of sp³-hybridized carbons (Fsp3) is 0.769. The van der Waals surface area contributed by atoms with Gasteiger partial charge in [-0.05, 0) is 25.7 Å². The molecule has 1 aromatic heterocycles. The van der Waals surface area contributed by atoms with Crippen molar-refractivity contribution in [3.8, 4) is 0 Å². The minimum atomic E-state index is -0.464. The molecule has 0 saturated carbocycles. The Balaban J connectivity index is 1.49. The molecule has 3 amide bonds. The molecule has 0 aliphatic carbocycles. The van der Waals surface area contributed by atoms with Crippen LogP contribution in [0.1, 0.15) is 107 Å². The summed E-state index contributed by atoms with van der Waals surface area (Å²) in [6, 6.07) is -0.464. The first-order valence-electron chi connectivity index (χ1n) is 13.4. The van der Waals surface area contributed by atoms with E-state index >= 15 is 0 Å². The summed E-state index contributed by atoms with van der Waals surface area (Å²) in [6.07, 6.45) is 18.6. The van der Waals surface area contributed by atoms with E-state index in [1.807, 2.05) is 0 Å². The predicted molar refractivity (Wildman–Crippen MR) is 134 cm³/mol. The van der Waals surface area contributed by atoms with Crippen LogP contribution < -0.4 is 10.6 Å². The SMILES string of the molecule is CCCCCCCCCCCCNC(=O)CCCNC(=O)[C@@H]1CCCN1C(=O)c1nccn1C. The highest BCUT2D eigenvalue weighted by Crippen LogP contribution is 2.19. The lowest BCUT2D eigenvalue weighted by atomic mass is 10.1. The number of hydrogen-bond donors (Lipinski definition) is 2. The van der Waals surface area contributed by atoms with Gasteiger partial charge in [-0.25, -0.2) is 4.98 Å². The molecule has 8 nitrogen and oxygen atoms in total. The van der Waals surface area contributed by atoms with E-state index in [-0.39, 0.29) is 17.7 Å². The molecule has 0 radical (unpaired) electrons. The van der Waals surface area contributed by atoms with Gasteiger partial charge in [-0.1, -0.05) is 64.7 Å². The number of amides is 3. The number of unbranched alkanes of at least 4 members (excludes halogenated alkanes) is 9. The van der Waals surface area contributed by atoms with Crippen LogP contribution in [0.3, 0.4) is 0 Å². The van der Waals surface area contributed by atoms with Gasteiger partial charge in [0.05, 0.1) is 0 Å². The molecular formula is C26H45N5O3. The maximum Gasteiger partial charge on any atom is 0.290 e. The van der Waals surface area contributed by atoms with Gasteiger partial charge >= 0.3 is 0 Å². The van der Waals surface area contributed by atoms with Crippen molar-refractivity contribution in [2.24, 2.45) is 7.05 Å². The zero-order chi connectivity index (χ0) is 24.6. The van der Waals surface area contributed by atoms with Crippen LogP contribution in [0.5, 0.6) is 0 Å². The first kappa shape index (κ1) is 27.9. The van der Waals surface area contributed by atoms with Gasteiger partial charge in [-0.2, -0.15) is 0 Å². The second-order valence-corrected chi connectivity index (χ2v) is 9.44. The highest BCUT2D eigenvalue weighted by Gasteiger charge is 2.35. The van der Waals surface area contributed by atoms with Crippen molar-refractivity contribution in [3.05, 3.63) is 18.2 Å². The summed E-state index contributed by atoms with van der Waals surface area (Å²) in [6.45, 7) is 3.97. The van der Waals surface area contributed by atoms with Crippen molar-refractivity contribution in [1.82, 2.24) is 25.1 Å². The van der Waals surface area contributed by atoms with Gasteiger partial charge in [0.15, 0.2) is 5.82 Å². The van der Waals surface area contributed by atoms with E-state index in [0.29, 0.717) is 38.2 Å². The van der Waals surface area contributed by atoms with Crippen molar-refractivity contribution in [2.75, 3.05) is 19.6 Å². The molecule has 1 saturated heterocycles. The molecule has 1 aromatic rings. The quantitative estimate of drug-likeness (QED) is 0.333. The molecule has 0 unspecified atom stereocenters. The number of aromatic nitrogens is 2. The van der Waals surface area contributed by atoms with Gasteiger partial charge in [0, 0.05) is 45.5 Å². The van der Waals surface area contributed by atoms with Crippen LogP contribution in [-0.2, 0) is 16.6 Å². The first-order valence-corrected chi connectivity index (χ1v) is 13.4. The summed E-state index contributed by atoms with van der Waals surface area (Å²) >= 11 is 0. The number of hydrogen-bond acceptors (Lipinski definition) is 4. The number of carbonyl (C=O) groups excluding carboxylic acids is 3. The molecule has 8 heteroatoms. The van der Waals surface area contributed by atoms with Gasteiger partial charge in [0.2, 0.25) is 11.8 Å².